The Bertz CT molecular complexity index is 1020. The number of hydrogen-bond donors (Lipinski definition) is 0. The van der Waals surface area contributed by atoms with Gasteiger partial charge in [-0.05, 0) is 57.7 Å². The van der Waals surface area contributed by atoms with E-state index in [0.29, 0.717) is 23.9 Å². The van der Waals surface area contributed by atoms with E-state index < -0.39 is 5.67 Å². The minimum atomic E-state index is -1.08. The lowest BCUT2D eigenvalue weighted by molar-refractivity contribution is 0.00394. The lowest BCUT2D eigenvalue weighted by atomic mass is 9.73. The molecular formula is C21H23ClFN3O. The number of pyridine rings is 1. The van der Waals surface area contributed by atoms with E-state index in [0.717, 1.165) is 47.2 Å². The van der Waals surface area contributed by atoms with Crippen LogP contribution >= 0.6 is 11.6 Å². The summed E-state index contributed by atoms with van der Waals surface area (Å²) in [6.45, 7) is 4.54. The minimum absolute atomic E-state index is 0.153. The van der Waals surface area contributed by atoms with Crippen LogP contribution < -0.4 is 0 Å². The van der Waals surface area contributed by atoms with Crippen molar-refractivity contribution in [2.24, 2.45) is 0 Å². The summed E-state index contributed by atoms with van der Waals surface area (Å²) < 4.78 is 22.4. The van der Waals surface area contributed by atoms with Gasteiger partial charge in [-0.1, -0.05) is 11.6 Å². The first kappa shape index (κ1) is 17.4. The van der Waals surface area contributed by atoms with Gasteiger partial charge >= 0.3 is 0 Å². The Hall–Kier alpha value is -1.72. The predicted octanol–water partition coefficient (Wildman–Crippen LogP) is 5.58. The van der Waals surface area contributed by atoms with Gasteiger partial charge in [-0.25, -0.2) is 9.37 Å². The maximum absolute atomic E-state index is 14.3. The molecule has 0 spiro atoms. The summed E-state index contributed by atoms with van der Waals surface area (Å²) in [5.41, 5.74) is 1.76. The van der Waals surface area contributed by atoms with Crippen LogP contribution in [0.5, 0.6) is 0 Å². The third kappa shape index (κ3) is 2.92. The lowest BCUT2D eigenvalue weighted by Crippen LogP contribution is -2.37. The third-order valence-corrected chi connectivity index (χ3v) is 6.27. The Morgan fingerprint density at radius 1 is 1.30 bits per heavy atom. The molecule has 1 saturated heterocycles. The molecule has 5 rings (SSSR count). The molecule has 4 nitrogen and oxygen atoms in total. The normalized spacial score (nSPS) is 31.3. The van der Waals surface area contributed by atoms with Gasteiger partial charge in [-0.2, -0.15) is 0 Å². The smallest absolute Gasteiger partial charge is 0.113 e. The Labute approximate surface area is 162 Å². The fraction of sp³-hybridized carbons (Fsp3) is 0.524. The highest BCUT2D eigenvalue weighted by Gasteiger charge is 2.44. The maximum Gasteiger partial charge on any atom is 0.113 e. The van der Waals surface area contributed by atoms with Crippen molar-refractivity contribution < 1.29 is 9.13 Å². The van der Waals surface area contributed by atoms with Crippen molar-refractivity contribution in [3.8, 4) is 0 Å². The second kappa shape index (κ2) is 6.14. The maximum atomic E-state index is 14.3. The van der Waals surface area contributed by atoms with Crippen LogP contribution in [0.1, 0.15) is 57.3 Å². The standard InChI is InChI=1S/C21H23ClFN3O/c1-12-7-15(5-6-27-12)26-19-16-8-14(22)3-4-17(16)24-11-18(19)25-20(26)13-9-21(2,23)10-13/h3-4,8,11-13,15H,5-7,9-10H2,1-2H3/t12-,13-,15-,21+/m1/s1. The summed E-state index contributed by atoms with van der Waals surface area (Å²) in [7, 11) is 0. The fourth-order valence-electron chi connectivity index (χ4n) is 4.78. The van der Waals surface area contributed by atoms with Crippen LogP contribution in [-0.2, 0) is 4.74 Å². The van der Waals surface area contributed by atoms with Crippen molar-refractivity contribution in [2.75, 3.05) is 6.61 Å². The average Bonchev–Trinajstić information content (AvgIpc) is 2.99. The molecule has 6 heteroatoms. The lowest BCUT2D eigenvalue weighted by Gasteiger charge is -2.40. The summed E-state index contributed by atoms with van der Waals surface area (Å²) in [5, 5.41) is 1.70. The molecule has 2 fully saturated rings. The molecule has 1 aromatic carbocycles. The summed E-state index contributed by atoms with van der Waals surface area (Å²) >= 11 is 6.30. The van der Waals surface area contributed by atoms with Gasteiger partial charge in [0.05, 0.1) is 23.3 Å². The summed E-state index contributed by atoms with van der Waals surface area (Å²) in [6.07, 6.45) is 4.97. The van der Waals surface area contributed by atoms with Crippen LogP contribution in [0.2, 0.25) is 5.02 Å². The number of aromatic nitrogens is 3. The quantitative estimate of drug-likeness (QED) is 0.576. The van der Waals surface area contributed by atoms with Crippen LogP contribution in [0.25, 0.3) is 21.9 Å². The largest absolute Gasteiger partial charge is 0.378 e. The van der Waals surface area contributed by atoms with Crippen molar-refractivity contribution in [2.45, 2.75) is 63.3 Å². The van der Waals surface area contributed by atoms with Crippen LogP contribution in [-0.4, -0.2) is 32.9 Å². The van der Waals surface area contributed by atoms with Crippen molar-refractivity contribution in [3.05, 3.63) is 35.2 Å². The zero-order chi connectivity index (χ0) is 18.8. The first-order valence-electron chi connectivity index (χ1n) is 9.68. The first-order chi connectivity index (χ1) is 12.9. The van der Waals surface area contributed by atoms with Gasteiger partial charge in [-0.3, -0.25) is 4.98 Å². The molecule has 0 unspecified atom stereocenters. The Morgan fingerprint density at radius 2 is 2.11 bits per heavy atom. The molecule has 0 radical (unpaired) electrons. The molecule has 142 valence electrons. The molecule has 0 amide bonds. The summed E-state index contributed by atoms with van der Waals surface area (Å²) in [6, 6.07) is 6.07. The first-order valence-corrected chi connectivity index (χ1v) is 10.1. The third-order valence-electron chi connectivity index (χ3n) is 6.04. The van der Waals surface area contributed by atoms with E-state index in [1.54, 1.807) is 6.92 Å². The molecule has 27 heavy (non-hydrogen) atoms. The number of imidazole rings is 1. The predicted molar refractivity (Wildman–Crippen MR) is 105 cm³/mol. The van der Waals surface area contributed by atoms with E-state index in [1.165, 1.54) is 0 Å². The summed E-state index contributed by atoms with van der Waals surface area (Å²) in [4.78, 5) is 9.49. The van der Waals surface area contributed by atoms with Crippen LogP contribution in [0.3, 0.4) is 0 Å². The Morgan fingerprint density at radius 3 is 2.85 bits per heavy atom. The molecule has 2 aliphatic rings. The number of halogens is 2. The number of alkyl halides is 1. The average molecular weight is 388 g/mol. The van der Waals surface area contributed by atoms with Crippen LogP contribution in [0, 0.1) is 0 Å². The van der Waals surface area contributed by atoms with Crippen molar-refractivity contribution in [1.82, 2.24) is 14.5 Å². The second-order valence-electron chi connectivity index (χ2n) is 8.37. The van der Waals surface area contributed by atoms with E-state index in [4.69, 9.17) is 21.3 Å². The molecule has 1 aliphatic heterocycles. The van der Waals surface area contributed by atoms with Crippen molar-refractivity contribution in [1.29, 1.82) is 0 Å². The van der Waals surface area contributed by atoms with Crippen LogP contribution in [0.4, 0.5) is 4.39 Å². The second-order valence-corrected chi connectivity index (χ2v) is 8.81. The van der Waals surface area contributed by atoms with E-state index in [1.807, 2.05) is 24.4 Å². The Balaban J connectivity index is 1.74. The van der Waals surface area contributed by atoms with Crippen molar-refractivity contribution >= 4 is 33.5 Å². The number of nitrogens with zero attached hydrogens (tertiary/aromatic N) is 3. The highest BCUT2D eigenvalue weighted by molar-refractivity contribution is 6.31. The zero-order valence-corrected chi connectivity index (χ0v) is 16.3. The molecule has 1 saturated carbocycles. The van der Waals surface area contributed by atoms with E-state index in [9.17, 15) is 4.39 Å². The highest BCUT2D eigenvalue weighted by Crippen LogP contribution is 2.48. The van der Waals surface area contributed by atoms with Gasteiger partial charge in [0, 0.05) is 29.0 Å². The van der Waals surface area contributed by atoms with Crippen molar-refractivity contribution in [3.63, 3.8) is 0 Å². The molecule has 3 aromatic rings. The monoisotopic (exact) mass is 387 g/mol. The molecule has 2 atom stereocenters. The minimum Gasteiger partial charge on any atom is -0.378 e. The number of benzene rings is 1. The topological polar surface area (TPSA) is 39.9 Å². The number of fused-ring (bicyclic) bond motifs is 3. The molecular weight excluding hydrogens is 365 g/mol. The molecule has 0 N–H and O–H groups in total. The van der Waals surface area contributed by atoms with E-state index >= 15 is 0 Å². The van der Waals surface area contributed by atoms with Gasteiger partial charge in [0.2, 0.25) is 0 Å². The van der Waals surface area contributed by atoms with Gasteiger partial charge in [0.15, 0.2) is 0 Å². The number of hydrogen-bond acceptors (Lipinski definition) is 3. The van der Waals surface area contributed by atoms with Gasteiger partial charge in [0.25, 0.3) is 0 Å². The van der Waals surface area contributed by atoms with Gasteiger partial charge in [-0.15, -0.1) is 0 Å². The molecule has 2 aromatic heterocycles. The Kier molecular flexibility index (Phi) is 3.96. The van der Waals surface area contributed by atoms with Gasteiger partial charge < -0.3 is 9.30 Å². The molecule has 1 aliphatic carbocycles. The van der Waals surface area contributed by atoms with Crippen LogP contribution in [0.15, 0.2) is 24.4 Å². The fourth-order valence-corrected chi connectivity index (χ4v) is 4.96. The van der Waals surface area contributed by atoms with E-state index in [2.05, 4.69) is 16.5 Å². The van der Waals surface area contributed by atoms with Gasteiger partial charge in [0.1, 0.15) is 17.0 Å². The SMILES string of the molecule is C[C@@H]1C[C@H](n2c3c(cnc4ccc(Cl)cc43)nc2[C@H]2C[C@@](C)(F)C2)CCO1. The summed E-state index contributed by atoms with van der Waals surface area (Å²) in [5.74, 6) is 1.15. The highest BCUT2D eigenvalue weighted by atomic mass is 35.5. The van der Waals surface area contributed by atoms with E-state index in [-0.39, 0.29) is 12.0 Å². The zero-order valence-electron chi connectivity index (χ0n) is 15.6. The molecule has 0 bridgehead atoms. The molecule has 3 heterocycles. The number of ether oxygens (including phenoxy) is 1. The number of rotatable bonds is 2.